The van der Waals surface area contributed by atoms with Gasteiger partial charge in [-0.05, 0) is 80.9 Å². The molecule has 226 valence electrons. The van der Waals surface area contributed by atoms with Gasteiger partial charge in [-0.15, -0.1) is 0 Å². The smallest absolute Gasteiger partial charge is 0.246 e. The number of nitrogen functional groups attached to an aromatic ring is 1. The Morgan fingerprint density at radius 1 is 0.955 bits per heavy atom. The largest absolute Gasteiger partial charge is 0.457 e. The highest BCUT2D eigenvalue weighted by Crippen LogP contribution is 2.37. The molecule has 2 N–H and O–H groups in total. The van der Waals surface area contributed by atoms with Crippen LogP contribution in [0.5, 0.6) is 11.5 Å². The van der Waals surface area contributed by atoms with Crippen LogP contribution in [0, 0.1) is 17.8 Å². The second kappa shape index (κ2) is 13.8. The number of benzene rings is 2. The third-order valence-electron chi connectivity index (χ3n) is 8.63. The van der Waals surface area contributed by atoms with E-state index in [9.17, 15) is 4.79 Å². The van der Waals surface area contributed by atoms with Crippen molar-refractivity contribution >= 4 is 22.8 Å². The highest BCUT2D eigenvalue weighted by molar-refractivity contribution is 6.03. The molecule has 6 rings (SSSR count). The van der Waals surface area contributed by atoms with Crippen molar-refractivity contribution in [3.63, 3.8) is 0 Å². The predicted octanol–water partition coefficient (Wildman–Crippen LogP) is 6.03. The van der Waals surface area contributed by atoms with E-state index in [0.717, 1.165) is 91.3 Å². The van der Waals surface area contributed by atoms with E-state index >= 15 is 0 Å². The van der Waals surface area contributed by atoms with E-state index < -0.39 is 0 Å². The highest BCUT2D eigenvalue weighted by Gasteiger charge is 2.21. The quantitative estimate of drug-likeness (QED) is 0.219. The zero-order chi connectivity index (χ0) is 30.3. The van der Waals surface area contributed by atoms with Crippen LogP contribution in [0.4, 0.5) is 5.82 Å². The number of fused-ring (bicyclic) bond motifs is 1. The van der Waals surface area contributed by atoms with Crippen molar-refractivity contribution < 1.29 is 9.53 Å². The van der Waals surface area contributed by atoms with Gasteiger partial charge in [0.25, 0.3) is 0 Å². The van der Waals surface area contributed by atoms with Crippen molar-refractivity contribution in [2.45, 2.75) is 38.5 Å². The van der Waals surface area contributed by atoms with E-state index in [1.807, 2.05) is 77.2 Å². The first-order valence-electron chi connectivity index (χ1n) is 15.7. The van der Waals surface area contributed by atoms with Gasteiger partial charge in [0, 0.05) is 44.2 Å². The first-order valence-corrected chi connectivity index (χ1v) is 15.7. The molecule has 0 saturated carbocycles. The third-order valence-corrected chi connectivity index (χ3v) is 8.63. The maximum Gasteiger partial charge on any atom is 0.246 e. The van der Waals surface area contributed by atoms with Crippen LogP contribution >= 0.6 is 0 Å². The lowest BCUT2D eigenvalue weighted by Gasteiger charge is -2.25. The fraction of sp³-hybridized carbons (Fsp3) is 0.361. The number of carbonyl (C=O) groups is 1. The van der Waals surface area contributed by atoms with Crippen LogP contribution in [0.1, 0.15) is 44.2 Å². The summed E-state index contributed by atoms with van der Waals surface area (Å²) in [5.74, 6) is 9.31. The van der Waals surface area contributed by atoms with Gasteiger partial charge in [-0.3, -0.25) is 9.69 Å². The molecule has 44 heavy (non-hydrogen) atoms. The SMILES string of the molecule is Cn1c(C#CC2CCCN(C(=O)/C=C/CN3CCCCC3)CC2)c(-c2ccc(Oc3ccccc3)cc2)c2c(N)ncnc21. The lowest BCUT2D eigenvalue weighted by atomic mass is 9.99. The fourth-order valence-corrected chi connectivity index (χ4v) is 6.20. The Morgan fingerprint density at radius 3 is 2.52 bits per heavy atom. The number of aryl methyl sites for hydroxylation is 1. The van der Waals surface area contributed by atoms with Crippen molar-refractivity contribution in [3.8, 4) is 34.5 Å². The van der Waals surface area contributed by atoms with Gasteiger partial charge in [-0.25, -0.2) is 9.97 Å². The Morgan fingerprint density at radius 2 is 1.73 bits per heavy atom. The number of anilines is 1. The molecule has 4 aromatic rings. The van der Waals surface area contributed by atoms with E-state index in [-0.39, 0.29) is 11.8 Å². The van der Waals surface area contributed by atoms with Crippen LogP contribution in [-0.2, 0) is 11.8 Å². The number of carbonyl (C=O) groups excluding carboxylic acids is 1. The molecule has 1 amide bonds. The molecule has 2 aliphatic rings. The van der Waals surface area contributed by atoms with Crippen LogP contribution in [0.25, 0.3) is 22.2 Å². The normalized spacial score (nSPS) is 17.8. The summed E-state index contributed by atoms with van der Waals surface area (Å²) in [6.45, 7) is 4.62. The summed E-state index contributed by atoms with van der Waals surface area (Å²) in [7, 11) is 1.97. The second-order valence-corrected chi connectivity index (χ2v) is 11.7. The first-order chi connectivity index (χ1) is 21.6. The summed E-state index contributed by atoms with van der Waals surface area (Å²) >= 11 is 0. The molecule has 0 bridgehead atoms. The number of aromatic nitrogens is 3. The van der Waals surface area contributed by atoms with Crippen molar-refractivity contribution in [2.75, 3.05) is 38.5 Å². The van der Waals surface area contributed by atoms with Gasteiger partial charge < -0.3 is 19.9 Å². The van der Waals surface area contributed by atoms with Crippen molar-refractivity contribution in [1.82, 2.24) is 24.3 Å². The number of hydrogen-bond donors (Lipinski definition) is 1. The topological polar surface area (TPSA) is 89.5 Å². The standard InChI is InChI=1S/C36H40N6O2/c1-40-31(19-14-27-10-8-24-42(25-20-27)32(43)13-9-23-41-21-6-3-7-22-41)33(34-35(37)38-26-39-36(34)40)28-15-17-30(18-16-28)44-29-11-4-2-5-12-29/h2,4-5,9,11-13,15-18,26-27H,3,6-8,10,20-25H2,1H3,(H2,37,38,39)/b13-9+. The molecule has 0 aliphatic carbocycles. The van der Waals surface area contributed by atoms with Gasteiger partial charge in [-0.2, -0.15) is 0 Å². The van der Waals surface area contributed by atoms with Gasteiger partial charge in [0.15, 0.2) is 0 Å². The second-order valence-electron chi connectivity index (χ2n) is 11.7. The molecule has 2 fully saturated rings. The molecule has 1 atom stereocenters. The Balaban J connectivity index is 1.19. The number of nitrogens with zero attached hydrogens (tertiary/aromatic N) is 5. The minimum atomic E-state index is 0.111. The maximum atomic E-state index is 12.9. The van der Waals surface area contributed by atoms with Gasteiger partial charge in [0.1, 0.15) is 35.0 Å². The molecule has 2 aromatic carbocycles. The fourth-order valence-electron chi connectivity index (χ4n) is 6.20. The number of hydrogen-bond acceptors (Lipinski definition) is 6. The number of para-hydroxylation sites is 1. The van der Waals surface area contributed by atoms with Crippen molar-refractivity contribution in [3.05, 3.63) is 78.8 Å². The molecule has 1 unspecified atom stereocenters. The van der Waals surface area contributed by atoms with Crippen molar-refractivity contribution in [2.24, 2.45) is 13.0 Å². The van der Waals surface area contributed by atoms with E-state index in [1.165, 1.54) is 25.6 Å². The summed E-state index contributed by atoms with van der Waals surface area (Å²) in [5, 5.41) is 0.796. The molecule has 0 spiro atoms. The minimum Gasteiger partial charge on any atom is -0.457 e. The van der Waals surface area contributed by atoms with Crippen LogP contribution in [0.2, 0.25) is 0 Å². The number of nitrogens with two attached hydrogens (primary N) is 1. The average molecular weight is 589 g/mol. The van der Waals surface area contributed by atoms with Gasteiger partial charge in [-0.1, -0.05) is 48.7 Å². The number of rotatable bonds is 6. The van der Waals surface area contributed by atoms with Gasteiger partial charge in [0.2, 0.25) is 5.91 Å². The van der Waals surface area contributed by atoms with Crippen LogP contribution in [0.3, 0.4) is 0 Å². The van der Waals surface area contributed by atoms with E-state index in [1.54, 1.807) is 6.08 Å². The number of amides is 1. The van der Waals surface area contributed by atoms with Crippen molar-refractivity contribution in [1.29, 1.82) is 0 Å². The van der Waals surface area contributed by atoms with Gasteiger partial charge >= 0.3 is 0 Å². The lowest BCUT2D eigenvalue weighted by Crippen LogP contribution is -2.32. The third kappa shape index (κ3) is 6.79. The number of piperidine rings is 1. The molecular weight excluding hydrogens is 548 g/mol. The summed E-state index contributed by atoms with van der Waals surface area (Å²) < 4.78 is 8.02. The predicted molar refractivity (Wildman–Crippen MR) is 175 cm³/mol. The molecule has 2 aromatic heterocycles. The summed E-state index contributed by atoms with van der Waals surface area (Å²) in [4.78, 5) is 26.2. The molecule has 2 aliphatic heterocycles. The maximum absolute atomic E-state index is 12.9. The summed E-state index contributed by atoms with van der Waals surface area (Å²) in [5.41, 5.74) is 9.89. The van der Waals surface area contributed by atoms with Gasteiger partial charge in [0.05, 0.1) is 5.39 Å². The minimum absolute atomic E-state index is 0.111. The van der Waals surface area contributed by atoms with E-state index in [2.05, 4.69) is 26.7 Å². The number of ether oxygens (including phenoxy) is 1. The van der Waals surface area contributed by atoms with E-state index in [0.29, 0.717) is 5.82 Å². The Bertz CT molecular complexity index is 1680. The van der Waals surface area contributed by atoms with Crippen LogP contribution < -0.4 is 10.5 Å². The lowest BCUT2D eigenvalue weighted by molar-refractivity contribution is -0.126. The molecule has 4 heterocycles. The summed E-state index contributed by atoms with van der Waals surface area (Å²) in [6, 6.07) is 17.7. The zero-order valence-corrected chi connectivity index (χ0v) is 25.4. The van der Waals surface area contributed by atoms with Crippen LogP contribution in [-0.4, -0.2) is 63.0 Å². The molecule has 0 radical (unpaired) electrons. The van der Waals surface area contributed by atoms with E-state index in [4.69, 9.17) is 10.5 Å². The molecule has 8 nitrogen and oxygen atoms in total. The Kier molecular flexibility index (Phi) is 9.23. The Hall–Kier alpha value is -4.61. The average Bonchev–Trinajstić information content (AvgIpc) is 3.17. The Labute approximate surface area is 259 Å². The highest BCUT2D eigenvalue weighted by atomic mass is 16.5. The monoisotopic (exact) mass is 588 g/mol. The summed E-state index contributed by atoms with van der Waals surface area (Å²) in [6.07, 6.45) is 11.9. The number of likely N-dealkylation sites (tertiary alicyclic amines) is 2. The molecular formula is C36H40N6O2. The zero-order valence-electron chi connectivity index (χ0n) is 25.4. The first kappa shape index (κ1) is 29.5. The van der Waals surface area contributed by atoms with Crippen LogP contribution in [0.15, 0.2) is 73.1 Å². The molecule has 2 saturated heterocycles. The molecule has 8 heteroatoms.